The molecule has 0 saturated heterocycles. The predicted octanol–water partition coefficient (Wildman–Crippen LogP) is 3.00. The third-order valence-corrected chi connectivity index (χ3v) is 2.81. The Morgan fingerprint density at radius 3 is 2.22 bits per heavy atom. The largest absolute Gasteiger partial charge is 0.0848 e. The molecular weight excluding hydrogens is 108 g/mol. The van der Waals surface area contributed by atoms with Crippen LogP contribution in [0, 0.1) is 11.3 Å². The molecule has 0 bridgehead atoms. The number of hydrogen-bond donors (Lipinski definition) is 0. The molecule has 0 nitrogen and oxygen atoms in total. The van der Waals surface area contributed by atoms with Gasteiger partial charge in [0.15, 0.2) is 0 Å². The van der Waals surface area contributed by atoms with Crippen molar-refractivity contribution in [2.24, 2.45) is 11.3 Å². The van der Waals surface area contributed by atoms with Crippen molar-refractivity contribution < 1.29 is 0 Å². The zero-order chi connectivity index (χ0) is 7.07. The summed E-state index contributed by atoms with van der Waals surface area (Å²) in [5, 5.41) is 0. The Kier molecular flexibility index (Phi) is 1.42. The van der Waals surface area contributed by atoms with Crippen LogP contribution in [-0.2, 0) is 0 Å². The Balaban J connectivity index is 2.73. The summed E-state index contributed by atoms with van der Waals surface area (Å²) in [7, 11) is 0. The summed E-state index contributed by atoms with van der Waals surface area (Å²) in [6.07, 6.45) is 3.63. The van der Waals surface area contributed by atoms with E-state index in [1.165, 1.54) is 6.42 Å². The highest BCUT2D eigenvalue weighted by atomic mass is 14.3. The molecule has 0 aromatic carbocycles. The van der Waals surface area contributed by atoms with Crippen molar-refractivity contribution in [1.29, 1.82) is 0 Å². The summed E-state index contributed by atoms with van der Waals surface area (Å²) in [5.74, 6) is 0.789. The fourth-order valence-corrected chi connectivity index (χ4v) is 1.39. The first kappa shape index (κ1) is 6.85. The maximum Gasteiger partial charge on any atom is -0.0180 e. The van der Waals surface area contributed by atoms with E-state index in [1.807, 2.05) is 0 Å². The van der Waals surface area contributed by atoms with Crippen molar-refractivity contribution in [3.63, 3.8) is 0 Å². The summed E-state index contributed by atoms with van der Waals surface area (Å²) in [5.41, 5.74) is 2.10. The van der Waals surface area contributed by atoms with Gasteiger partial charge in [-0.2, -0.15) is 0 Å². The molecule has 0 heterocycles. The highest BCUT2D eigenvalue weighted by Crippen LogP contribution is 2.41. The van der Waals surface area contributed by atoms with Crippen molar-refractivity contribution in [3.8, 4) is 0 Å². The van der Waals surface area contributed by atoms with Gasteiger partial charge in [0.1, 0.15) is 0 Å². The van der Waals surface area contributed by atoms with Crippen LogP contribution in [0.1, 0.15) is 34.1 Å². The molecule has 0 saturated carbocycles. The molecule has 0 radical (unpaired) electrons. The molecule has 9 heavy (non-hydrogen) atoms. The van der Waals surface area contributed by atoms with Crippen molar-refractivity contribution in [1.82, 2.24) is 0 Å². The molecule has 0 spiro atoms. The zero-order valence-electron chi connectivity index (χ0n) is 6.86. The Bertz CT molecular complexity index is 140. The third kappa shape index (κ3) is 1.03. The van der Waals surface area contributed by atoms with Gasteiger partial charge in [0, 0.05) is 0 Å². The Morgan fingerprint density at radius 2 is 2.11 bits per heavy atom. The smallest absolute Gasteiger partial charge is 0.0180 e. The maximum atomic E-state index is 2.37. The SMILES string of the molecule is CC1=CCC(C)(C)C1C. The van der Waals surface area contributed by atoms with E-state index in [1.54, 1.807) is 5.57 Å². The lowest BCUT2D eigenvalue weighted by molar-refractivity contribution is 0.295. The van der Waals surface area contributed by atoms with Crippen molar-refractivity contribution in [3.05, 3.63) is 11.6 Å². The lowest BCUT2D eigenvalue weighted by atomic mass is 9.80. The van der Waals surface area contributed by atoms with Crippen LogP contribution in [0.4, 0.5) is 0 Å². The summed E-state index contributed by atoms with van der Waals surface area (Å²) < 4.78 is 0. The maximum absolute atomic E-state index is 2.37. The van der Waals surface area contributed by atoms with E-state index in [-0.39, 0.29) is 0 Å². The summed E-state index contributed by atoms with van der Waals surface area (Å²) >= 11 is 0. The fraction of sp³-hybridized carbons (Fsp3) is 0.778. The van der Waals surface area contributed by atoms with Crippen molar-refractivity contribution in [2.45, 2.75) is 34.1 Å². The number of allylic oxidation sites excluding steroid dienone is 2. The number of hydrogen-bond acceptors (Lipinski definition) is 0. The molecule has 0 amide bonds. The second-order valence-electron chi connectivity index (χ2n) is 3.86. The minimum Gasteiger partial charge on any atom is -0.0848 e. The first-order valence-electron chi connectivity index (χ1n) is 3.71. The topological polar surface area (TPSA) is 0 Å². The van der Waals surface area contributed by atoms with Crippen LogP contribution in [0.3, 0.4) is 0 Å². The highest BCUT2D eigenvalue weighted by molar-refractivity contribution is 5.14. The molecule has 1 aliphatic rings. The molecule has 0 heteroatoms. The van der Waals surface area contributed by atoms with Crippen LogP contribution in [0.25, 0.3) is 0 Å². The Morgan fingerprint density at radius 1 is 1.56 bits per heavy atom. The first-order chi connectivity index (χ1) is 4.04. The van der Waals surface area contributed by atoms with E-state index >= 15 is 0 Å². The van der Waals surface area contributed by atoms with Crippen LogP contribution in [0.2, 0.25) is 0 Å². The van der Waals surface area contributed by atoms with E-state index in [0.29, 0.717) is 5.41 Å². The minimum atomic E-state index is 0.532. The molecule has 0 aromatic heterocycles. The summed E-state index contributed by atoms with van der Waals surface area (Å²) in [6.45, 7) is 9.23. The van der Waals surface area contributed by atoms with Gasteiger partial charge in [0.05, 0.1) is 0 Å². The summed E-state index contributed by atoms with van der Waals surface area (Å²) in [6, 6.07) is 0. The minimum absolute atomic E-state index is 0.532. The van der Waals surface area contributed by atoms with Gasteiger partial charge in [0.25, 0.3) is 0 Å². The predicted molar refractivity (Wildman–Crippen MR) is 41.3 cm³/mol. The first-order valence-corrected chi connectivity index (χ1v) is 3.71. The van der Waals surface area contributed by atoms with Crippen LogP contribution >= 0.6 is 0 Å². The average molecular weight is 124 g/mol. The van der Waals surface area contributed by atoms with E-state index in [2.05, 4.69) is 33.8 Å². The summed E-state index contributed by atoms with van der Waals surface area (Å²) in [4.78, 5) is 0. The third-order valence-electron chi connectivity index (χ3n) is 2.81. The van der Waals surface area contributed by atoms with Crippen LogP contribution in [0.5, 0.6) is 0 Å². The van der Waals surface area contributed by atoms with Gasteiger partial charge in [-0.25, -0.2) is 0 Å². The Labute approximate surface area is 58.0 Å². The van der Waals surface area contributed by atoms with E-state index < -0.39 is 0 Å². The molecule has 0 aliphatic heterocycles. The Hall–Kier alpha value is -0.260. The zero-order valence-corrected chi connectivity index (χ0v) is 6.86. The van der Waals surface area contributed by atoms with Gasteiger partial charge in [-0.3, -0.25) is 0 Å². The fourth-order valence-electron chi connectivity index (χ4n) is 1.39. The van der Waals surface area contributed by atoms with Gasteiger partial charge >= 0.3 is 0 Å². The van der Waals surface area contributed by atoms with Crippen molar-refractivity contribution >= 4 is 0 Å². The normalized spacial score (nSPS) is 32.4. The number of rotatable bonds is 0. The lowest BCUT2D eigenvalue weighted by Gasteiger charge is -2.24. The van der Waals surface area contributed by atoms with Gasteiger partial charge in [-0.05, 0) is 24.7 Å². The van der Waals surface area contributed by atoms with Gasteiger partial charge in [-0.15, -0.1) is 0 Å². The van der Waals surface area contributed by atoms with E-state index in [0.717, 1.165) is 5.92 Å². The molecular formula is C9H16. The molecule has 1 aliphatic carbocycles. The van der Waals surface area contributed by atoms with Crippen molar-refractivity contribution in [2.75, 3.05) is 0 Å². The molecule has 0 aromatic rings. The van der Waals surface area contributed by atoms with Crippen LogP contribution in [-0.4, -0.2) is 0 Å². The van der Waals surface area contributed by atoms with Gasteiger partial charge < -0.3 is 0 Å². The molecule has 52 valence electrons. The molecule has 1 unspecified atom stereocenters. The second kappa shape index (κ2) is 1.86. The highest BCUT2D eigenvalue weighted by Gasteiger charge is 2.30. The second-order valence-corrected chi connectivity index (χ2v) is 3.86. The van der Waals surface area contributed by atoms with Gasteiger partial charge in [-0.1, -0.05) is 32.4 Å². The lowest BCUT2D eigenvalue weighted by Crippen LogP contribution is -2.15. The van der Waals surface area contributed by atoms with E-state index in [4.69, 9.17) is 0 Å². The molecule has 0 fully saturated rings. The average Bonchev–Trinajstić information content (AvgIpc) is 1.97. The van der Waals surface area contributed by atoms with Crippen LogP contribution < -0.4 is 0 Å². The molecule has 0 N–H and O–H groups in total. The van der Waals surface area contributed by atoms with E-state index in [9.17, 15) is 0 Å². The standard InChI is InChI=1S/C9H16/c1-7-5-6-9(3,4)8(7)2/h5,8H,6H2,1-4H3. The molecule has 1 atom stereocenters. The monoisotopic (exact) mass is 124 g/mol. The van der Waals surface area contributed by atoms with Crippen LogP contribution in [0.15, 0.2) is 11.6 Å². The quantitative estimate of drug-likeness (QED) is 0.435. The molecule has 1 rings (SSSR count). The van der Waals surface area contributed by atoms with Gasteiger partial charge in [0.2, 0.25) is 0 Å².